The first-order valence-electron chi connectivity index (χ1n) is 7.02. The van der Waals surface area contributed by atoms with Crippen LogP contribution in [0.2, 0.25) is 0 Å². The molecule has 1 saturated heterocycles. The summed E-state index contributed by atoms with van der Waals surface area (Å²) in [5.41, 5.74) is 0. The van der Waals surface area contributed by atoms with E-state index in [0.29, 0.717) is 0 Å². The zero-order valence-electron chi connectivity index (χ0n) is 11.2. The van der Waals surface area contributed by atoms with Gasteiger partial charge in [0.05, 0.1) is 16.2 Å². The fraction of sp³-hybridized carbons (Fsp3) is 0.600. The molecule has 0 amide bonds. The quantitative estimate of drug-likeness (QED) is 0.785. The number of rotatable bonds is 6. The molecule has 0 N–H and O–H groups in total. The van der Waals surface area contributed by atoms with E-state index in [1.54, 1.807) is 0 Å². The van der Waals surface area contributed by atoms with Crippen LogP contribution in [0.4, 0.5) is 0 Å². The van der Waals surface area contributed by atoms with Gasteiger partial charge >= 0.3 is 0 Å². The smallest absolute Gasteiger partial charge is 0.0907 e. The molecule has 0 spiro atoms. The second kappa shape index (κ2) is 7.05. The zero-order valence-corrected chi connectivity index (χ0v) is 12.0. The molecule has 0 aromatic heterocycles. The van der Waals surface area contributed by atoms with Crippen LogP contribution in [0, 0.1) is 0 Å². The molecule has 100 valence electrons. The van der Waals surface area contributed by atoms with Crippen LogP contribution >= 0.6 is 0 Å². The third-order valence-electron chi connectivity index (χ3n) is 3.58. The molecule has 1 fully saturated rings. The van der Waals surface area contributed by atoms with Crippen molar-refractivity contribution >= 4 is 10.8 Å². The Morgan fingerprint density at radius 2 is 1.89 bits per heavy atom. The minimum atomic E-state index is -0.887. The van der Waals surface area contributed by atoms with Gasteiger partial charge in [0.25, 0.3) is 0 Å². The monoisotopic (exact) mass is 265 g/mol. The first-order chi connectivity index (χ1) is 8.83. The molecular formula is C15H23NOS. The second-order valence-electron chi connectivity index (χ2n) is 4.95. The van der Waals surface area contributed by atoms with E-state index in [1.165, 1.54) is 25.7 Å². The number of benzene rings is 1. The van der Waals surface area contributed by atoms with E-state index in [2.05, 4.69) is 11.8 Å². The number of hydrogen-bond donors (Lipinski definition) is 0. The predicted octanol–water partition coefficient (Wildman–Crippen LogP) is 3.41. The van der Waals surface area contributed by atoms with E-state index >= 15 is 0 Å². The SMILES string of the molecule is CCCCC(N1CCCC1)S(=O)c1ccccc1. The molecule has 3 heteroatoms. The number of hydrogen-bond acceptors (Lipinski definition) is 2. The summed E-state index contributed by atoms with van der Waals surface area (Å²) in [6.45, 7) is 4.44. The van der Waals surface area contributed by atoms with Gasteiger partial charge in [-0.25, -0.2) is 0 Å². The van der Waals surface area contributed by atoms with Gasteiger partial charge in [0.2, 0.25) is 0 Å². The number of likely N-dealkylation sites (tertiary alicyclic amines) is 1. The lowest BCUT2D eigenvalue weighted by atomic mass is 10.2. The highest BCUT2D eigenvalue weighted by Gasteiger charge is 2.27. The summed E-state index contributed by atoms with van der Waals surface area (Å²) < 4.78 is 12.7. The van der Waals surface area contributed by atoms with Crippen molar-refractivity contribution < 1.29 is 4.21 Å². The van der Waals surface area contributed by atoms with Crippen molar-refractivity contribution in [1.29, 1.82) is 0 Å². The molecule has 0 aliphatic carbocycles. The lowest BCUT2D eigenvalue weighted by molar-refractivity contribution is 0.295. The van der Waals surface area contributed by atoms with E-state index in [-0.39, 0.29) is 5.37 Å². The summed E-state index contributed by atoms with van der Waals surface area (Å²) >= 11 is 0. The summed E-state index contributed by atoms with van der Waals surface area (Å²) in [7, 11) is -0.887. The fourth-order valence-corrected chi connectivity index (χ4v) is 4.15. The van der Waals surface area contributed by atoms with Gasteiger partial charge < -0.3 is 0 Å². The van der Waals surface area contributed by atoms with Crippen molar-refractivity contribution in [3.63, 3.8) is 0 Å². The average molecular weight is 265 g/mol. The summed E-state index contributed by atoms with van der Waals surface area (Å²) in [6.07, 6.45) is 5.91. The van der Waals surface area contributed by atoms with E-state index in [1.807, 2.05) is 30.3 Å². The largest absolute Gasteiger partial charge is 0.289 e. The van der Waals surface area contributed by atoms with Crippen LogP contribution in [-0.4, -0.2) is 27.6 Å². The molecule has 2 unspecified atom stereocenters. The highest BCUT2D eigenvalue weighted by Crippen LogP contribution is 2.23. The van der Waals surface area contributed by atoms with Gasteiger partial charge in [-0.05, 0) is 44.5 Å². The molecule has 1 aliphatic rings. The molecular weight excluding hydrogens is 242 g/mol. The van der Waals surface area contributed by atoms with Crippen LogP contribution in [-0.2, 0) is 10.8 Å². The van der Waals surface area contributed by atoms with Crippen LogP contribution in [0.1, 0.15) is 39.0 Å². The predicted molar refractivity (Wildman–Crippen MR) is 77.0 cm³/mol. The van der Waals surface area contributed by atoms with Gasteiger partial charge in [-0.15, -0.1) is 0 Å². The van der Waals surface area contributed by atoms with Crippen LogP contribution in [0.3, 0.4) is 0 Å². The van der Waals surface area contributed by atoms with Gasteiger partial charge in [-0.3, -0.25) is 9.11 Å². The van der Waals surface area contributed by atoms with Crippen LogP contribution in [0.15, 0.2) is 35.2 Å². The Hall–Kier alpha value is -0.670. The molecule has 1 aliphatic heterocycles. The molecule has 0 bridgehead atoms. The Labute approximate surface area is 113 Å². The molecule has 0 saturated carbocycles. The molecule has 2 rings (SSSR count). The molecule has 2 nitrogen and oxygen atoms in total. The minimum absolute atomic E-state index is 0.217. The lowest BCUT2D eigenvalue weighted by Crippen LogP contribution is -2.36. The van der Waals surface area contributed by atoms with Crippen molar-refractivity contribution in [1.82, 2.24) is 4.90 Å². The van der Waals surface area contributed by atoms with Crippen LogP contribution < -0.4 is 0 Å². The van der Waals surface area contributed by atoms with Crippen molar-refractivity contribution in [2.45, 2.75) is 49.3 Å². The van der Waals surface area contributed by atoms with Gasteiger partial charge in [0, 0.05) is 4.90 Å². The van der Waals surface area contributed by atoms with Gasteiger partial charge in [-0.1, -0.05) is 38.0 Å². The normalized spacial score (nSPS) is 19.8. The van der Waals surface area contributed by atoms with Gasteiger partial charge in [0.1, 0.15) is 0 Å². The molecule has 1 aromatic carbocycles. The van der Waals surface area contributed by atoms with Crippen LogP contribution in [0.5, 0.6) is 0 Å². The Morgan fingerprint density at radius 1 is 1.22 bits per heavy atom. The third-order valence-corrected chi connectivity index (χ3v) is 5.34. The highest BCUT2D eigenvalue weighted by molar-refractivity contribution is 7.85. The van der Waals surface area contributed by atoms with Crippen molar-refractivity contribution in [2.24, 2.45) is 0 Å². The maximum atomic E-state index is 12.7. The first-order valence-corrected chi connectivity index (χ1v) is 8.24. The molecule has 0 radical (unpaired) electrons. The van der Waals surface area contributed by atoms with Crippen molar-refractivity contribution in [2.75, 3.05) is 13.1 Å². The Bertz CT molecular complexity index is 373. The zero-order chi connectivity index (χ0) is 12.8. The topological polar surface area (TPSA) is 20.3 Å². The summed E-state index contributed by atoms with van der Waals surface area (Å²) in [4.78, 5) is 3.41. The van der Waals surface area contributed by atoms with E-state index in [0.717, 1.165) is 24.4 Å². The Kier molecular flexibility index (Phi) is 5.39. The Morgan fingerprint density at radius 3 is 2.50 bits per heavy atom. The number of nitrogens with zero attached hydrogens (tertiary/aromatic N) is 1. The van der Waals surface area contributed by atoms with Crippen molar-refractivity contribution in [3.05, 3.63) is 30.3 Å². The third kappa shape index (κ3) is 3.42. The summed E-state index contributed by atoms with van der Waals surface area (Å²) in [5, 5.41) is 0.217. The highest BCUT2D eigenvalue weighted by atomic mass is 32.2. The Balaban J connectivity index is 2.09. The standard InChI is InChI=1S/C15H23NOS/c1-2-3-11-15(16-12-7-8-13-16)18(17)14-9-5-4-6-10-14/h4-6,9-10,15H,2-3,7-8,11-13H2,1H3. The minimum Gasteiger partial charge on any atom is -0.289 e. The maximum Gasteiger partial charge on any atom is 0.0907 e. The van der Waals surface area contributed by atoms with Crippen LogP contribution in [0.25, 0.3) is 0 Å². The number of unbranched alkanes of at least 4 members (excludes halogenated alkanes) is 1. The maximum absolute atomic E-state index is 12.7. The first kappa shape index (κ1) is 13.8. The van der Waals surface area contributed by atoms with E-state index in [9.17, 15) is 4.21 Å². The lowest BCUT2D eigenvalue weighted by Gasteiger charge is -2.26. The van der Waals surface area contributed by atoms with Gasteiger partial charge in [-0.2, -0.15) is 0 Å². The average Bonchev–Trinajstić information content (AvgIpc) is 2.94. The van der Waals surface area contributed by atoms with Crippen molar-refractivity contribution in [3.8, 4) is 0 Å². The second-order valence-corrected chi connectivity index (χ2v) is 6.56. The molecule has 18 heavy (non-hydrogen) atoms. The van der Waals surface area contributed by atoms with E-state index in [4.69, 9.17) is 0 Å². The fourth-order valence-electron chi connectivity index (χ4n) is 2.55. The van der Waals surface area contributed by atoms with E-state index < -0.39 is 10.8 Å². The van der Waals surface area contributed by atoms with Gasteiger partial charge in [0.15, 0.2) is 0 Å². The summed E-state index contributed by atoms with van der Waals surface area (Å²) in [6, 6.07) is 9.93. The summed E-state index contributed by atoms with van der Waals surface area (Å²) in [5.74, 6) is 0. The molecule has 1 aromatic rings. The molecule has 1 heterocycles. The molecule has 2 atom stereocenters.